The van der Waals surface area contributed by atoms with Gasteiger partial charge in [-0.1, -0.05) is 12.1 Å². The standard InChI is InChI=1S/C19H17BrF4N6O/c1-10(30-15(12-4-5-12)14(20)16(27-30)19(22,23)24)17(31)26-18-25-9-29(28-18)8-11-2-6-13(21)7-3-11/h2-3,6-7,9-10,12H,4-5,8H2,1H3,(H,26,28,31). The average molecular weight is 501 g/mol. The molecular weight excluding hydrogens is 484 g/mol. The fourth-order valence-electron chi connectivity index (χ4n) is 3.16. The molecular formula is C19H17BrF4N6O. The number of alkyl halides is 3. The molecule has 1 N–H and O–H groups in total. The highest BCUT2D eigenvalue weighted by Gasteiger charge is 2.43. The third kappa shape index (κ3) is 4.63. The predicted molar refractivity (Wildman–Crippen MR) is 106 cm³/mol. The van der Waals surface area contributed by atoms with E-state index in [4.69, 9.17) is 0 Å². The van der Waals surface area contributed by atoms with Crippen LogP contribution >= 0.6 is 15.9 Å². The molecule has 1 amide bonds. The van der Waals surface area contributed by atoms with Crippen molar-refractivity contribution >= 4 is 27.8 Å². The maximum absolute atomic E-state index is 13.3. The van der Waals surface area contributed by atoms with Gasteiger partial charge in [0.05, 0.1) is 16.7 Å². The third-order valence-electron chi connectivity index (χ3n) is 4.90. The van der Waals surface area contributed by atoms with Crippen LogP contribution in [0.2, 0.25) is 0 Å². The summed E-state index contributed by atoms with van der Waals surface area (Å²) in [4.78, 5) is 16.7. The number of benzene rings is 1. The van der Waals surface area contributed by atoms with Crippen molar-refractivity contribution in [3.05, 3.63) is 57.8 Å². The number of carbonyl (C=O) groups is 1. The molecule has 2 aromatic heterocycles. The summed E-state index contributed by atoms with van der Waals surface area (Å²) in [6.07, 6.45) is -1.76. The third-order valence-corrected chi connectivity index (χ3v) is 5.68. The van der Waals surface area contributed by atoms with Crippen molar-refractivity contribution in [3.63, 3.8) is 0 Å². The zero-order chi connectivity index (χ0) is 22.3. The first-order valence-electron chi connectivity index (χ1n) is 9.43. The van der Waals surface area contributed by atoms with Gasteiger partial charge in [0, 0.05) is 5.92 Å². The van der Waals surface area contributed by atoms with Gasteiger partial charge >= 0.3 is 6.18 Å². The molecule has 1 aliphatic rings. The summed E-state index contributed by atoms with van der Waals surface area (Å²) in [6, 6.07) is 4.85. The lowest BCUT2D eigenvalue weighted by atomic mass is 10.2. The van der Waals surface area contributed by atoms with E-state index in [1.54, 1.807) is 12.1 Å². The van der Waals surface area contributed by atoms with Crippen LogP contribution in [0, 0.1) is 5.82 Å². The van der Waals surface area contributed by atoms with Crippen molar-refractivity contribution in [1.82, 2.24) is 24.5 Å². The van der Waals surface area contributed by atoms with Gasteiger partial charge in [-0.25, -0.2) is 14.1 Å². The molecule has 1 atom stereocenters. The van der Waals surface area contributed by atoms with E-state index in [1.807, 2.05) is 0 Å². The molecule has 2 heterocycles. The number of aromatic nitrogens is 5. The Hall–Kier alpha value is -2.76. The van der Waals surface area contributed by atoms with E-state index in [0.717, 1.165) is 23.1 Å². The molecule has 0 saturated heterocycles. The quantitative estimate of drug-likeness (QED) is 0.504. The number of amides is 1. The van der Waals surface area contributed by atoms with Crippen LogP contribution in [-0.4, -0.2) is 30.5 Å². The number of hydrogen-bond acceptors (Lipinski definition) is 4. The van der Waals surface area contributed by atoms with Gasteiger partial charge in [0.25, 0.3) is 5.91 Å². The molecule has 4 rings (SSSR count). The van der Waals surface area contributed by atoms with E-state index < -0.39 is 23.8 Å². The van der Waals surface area contributed by atoms with Gasteiger partial charge < -0.3 is 0 Å². The molecule has 1 fully saturated rings. The Bertz CT molecular complexity index is 1100. The zero-order valence-electron chi connectivity index (χ0n) is 16.2. The summed E-state index contributed by atoms with van der Waals surface area (Å²) < 4.78 is 55.3. The highest BCUT2D eigenvalue weighted by Crippen LogP contribution is 2.47. The van der Waals surface area contributed by atoms with Crippen molar-refractivity contribution < 1.29 is 22.4 Å². The molecule has 1 aromatic carbocycles. The molecule has 31 heavy (non-hydrogen) atoms. The molecule has 1 unspecified atom stereocenters. The summed E-state index contributed by atoms with van der Waals surface area (Å²) in [5.41, 5.74) is 0.105. The second kappa shape index (κ2) is 8.06. The van der Waals surface area contributed by atoms with Crippen LogP contribution in [0.4, 0.5) is 23.5 Å². The first-order valence-corrected chi connectivity index (χ1v) is 10.2. The second-order valence-corrected chi connectivity index (χ2v) is 8.11. The fraction of sp³-hybridized carbons (Fsp3) is 0.368. The Morgan fingerprint density at radius 2 is 1.94 bits per heavy atom. The van der Waals surface area contributed by atoms with E-state index in [-0.39, 0.29) is 22.2 Å². The van der Waals surface area contributed by atoms with Crippen molar-refractivity contribution in [2.24, 2.45) is 0 Å². The largest absolute Gasteiger partial charge is 0.436 e. The average Bonchev–Trinajstić information content (AvgIpc) is 3.34. The van der Waals surface area contributed by atoms with Crippen LogP contribution < -0.4 is 5.32 Å². The zero-order valence-corrected chi connectivity index (χ0v) is 17.8. The molecule has 164 valence electrons. The van der Waals surface area contributed by atoms with E-state index in [2.05, 4.69) is 36.4 Å². The number of nitrogens with one attached hydrogen (secondary N) is 1. The van der Waals surface area contributed by atoms with Gasteiger partial charge in [-0.3, -0.25) is 14.8 Å². The lowest BCUT2D eigenvalue weighted by molar-refractivity contribution is -0.142. The van der Waals surface area contributed by atoms with Crippen molar-refractivity contribution in [3.8, 4) is 0 Å². The maximum Gasteiger partial charge on any atom is 0.436 e. The van der Waals surface area contributed by atoms with Gasteiger partial charge in [-0.15, -0.1) is 5.10 Å². The minimum atomic E-state index is -4.63. The lowest BCUT2D eigenvalue weighted by Gasteiger charge is -2.14. The van der Waals surface area contributed by atoms with E-state index >= 15 is 0 Å². The fourth-order valence-corrected chi connectivity index (χ4v) is 3.97. The van der Waals surface area contributed by atoms with Crippen LogP contribution in [0.15, 0.2) is 35.1 Å². The van der Waals surface area contributed by atoms with Crippen molar-refractivity contribution in [1.29, 1.82) is 0 Å². The SMILES string of the molecule is CC(C(=O)Nc1ncn(Cc2ccc(F)cc2)n1)n1nc(C(F)(F)F)c(Br)c1C1CC1. The molecule has 1 aliphatic carbocycles. The van der Waals surface area contributed by atoms with E-state index in [9.17, 15) is 22.4 Å². The number of nitrogens with zero attached hydrogens (tertiary/aromatic N) is 5. The molecule has 3 aromatic rings. The second-order valence-electron chi connectivity index (χ2n) is 7.32. The molecule has 0 radical (unpaired) electrons. The lowest BCUT2D eigenvalue weighted by Crippen LogP contribution is -2.26. The first kappa shape index (κ1) is 21.5. The minimum Gasteiger partial charge on any atom is -0.291 e. The molecule has 7 nitrogen and oxygen atoms in total. The van der Waals surface area contributed by atoms with Gasteiger partial charge in [0.1, 0.15) is 18.2 Å². The highest BCUT2D eigenvalue weighted by molar-refractivity contribution is 9.10. The number of hydrogen-bond donors (Lipinski definition) is 1. The molecule has 0 aliphatic heterocycles. The highest BCUT2D eigenvalue weighted by atomic mass is 79.9. The number of halogens is 5. The summed E-state index contributed by atoms with van der Waals surface area (Å²) in [5.74, 6) is -1.01. The van der Waals surface area contributed by atoms with Crippen LogP contribution in [0.25, 0.3) is 0 Å². The monoisotopic (exact) mass is 500 g/mol. The Morgan fingerprint density at radius 3 is 2.55 bits per heavy atom. The summed E-state index contributed by atoms with van der Waals surface area (Å²) in [6.45, 7) is 1.78. The number of rotatable bonds is 6. The van der Waals surface area contributed by atoms with Crippen LogP contribution in [0.5, 0.6) is 0 Å². The summed E-state index contributed by atoms with van der Waals surface area (Å²) in [5, 5.41) is 10.3. The Morgan fingerprint density at radius 1 is 1.26 bits per heavy atom. The van der Waals surface area contributed by atoms with Crippen LogP contribution in [-0.2, 0) is 17.5 Å². The predicted octanol–water partition coefficient (Wildman–Crippen LogP) is 4.52. The van der Waals surface area contributed by atoms with Gasteiger partial charge in [-0.05, 0) is 53.4 Å². The van der Waals surface area contributed by atoms with Crippen LogP contribution in [0.1, 0.15) is 48.7 Å². The Kier molecular flexibility index (Phi) is 5.58. The summed E-state index contributed by atoms with van der Waals surface area (Å²) >= 11 is 3.02. The summed E-state index contributed by atoms with van der Waals surface area (Å²) in [7, 11) is 0. The van der Waals surface area contributed by atoms with E-state index in [1.165, 1.54) is 30.1 Å². The topological polar surface area (TPSA) is 77.6 Å². The van der Waals surface area contributed by atoms with Gasteiger partial charge in [0.15, 0.2) is 5.69 Å². The van der Waals surface area contributed by atoms with Gasteiger partial charge in [0.2, 0.25) is 5.95 Å². The van der Waals surface area contributed by atoms with Crippen molar-refractivity contribution in [2.45, 2.75) is 44.4 Å². The van der Waals surface area contributed by atoms with Crippen LogP contribution in [0.3, 0.4) is 0 Å². The maximum atomic E-state index is 13.3. The molecule has 0 bridgehead atoms. The molecule has 12 heteroatoms. The molecule has 1 saturated carbocycles. The number of carbonyl (C=O) groups excluding carboxylic acids is 1. The smallest absolute Gasteiger partial charge is 0.291 e. The first-order chi connectivity index (χ1) is 14.6. The minimum absolute atomic E-state index is 0.00852. The normalized spacial score (nSPS) is 15.2. The molecule has 0 spiro atoms. The van der Waals surface area contributed by atoms with Gasteiger partial charge in [-0.2, -0.15) is 18.3 Å². The Labute approximate surface area is 182 Å². The number of anilines is 1. The Balaban J connectivity index is 1.49. The van der Waals surface area contributed by atoms with E-state index in [0.29, 0.717) is 12.2 Å². The van der Waals surface area contributed by atoms with Crippen molar-refractivity contribution in [2.75, 3.05) is 5.32 Å².